The average molecular weight is 375 g/mol. The predicted octanol–water partition coefficient (Wildman–Crippen LogP) is 2.21. The number of hydrogen-bond acceptors (Lipinski definition) is 2. The molecule has 4 nitrogen and oxygen atoms in total. The molecule has 1 aromatic rings. The van der Waals surface area contributed by atoms with Crippen LogP contribution in [0.4, 0.5) is 0 Å². The normalized spacial score (nSPS) is 10.3. The summed E-state index contributed by atoms with van der Waals surface area (Å²) in [6.07, 6.45) is 2.72. The van der Waals surface area contributed by atoms with Crippen LogP contribution < -0.4 is 15.4 Å². The molecule has 0 saturated carbocycles. The fraction of sp³-hybridized carbons (Fsp3) is 0.357. The van der Waals surface area contributed by atoms with Gasteiger partial charge in [-0.05, 0) is 24.1 Å². The number of hydrogen-bond donors (Lipinski definition) is 2. The van der Waals surface area contributed by atoms with Crippen LogP contribution in [-0.2, 0) is 6.42 Å². The van der Waals surface area contributed by atoms with Crippen molar-refractivity contribution in [2.24, 2.45) is 4.99 Å². The third kappa shape index (κ3) is 7.05. The highest BCUT2D eigenvalue weighted by atomic mass is 127. The van der Waals surface area contributed by atoms with Crippen LogP contribution in [0.1, 0.15) is 5.56 Å². The van der Waals surface area contributed by atoms with Gasteiger partial charge in [0.25, 0.3) is 0 Å². The van der Waals surface area contributed by atoms with E-state index in [-0.39, 0.29) is 24.0 Å². The molecule has 2 N–H and O–H groups in total. The van der Waals surface area contributed by atoms with E-state index in [1.165, 1.54) is 5.56 Å². The van der Waals surface area contributed by atoms with Crippen LogP contribution in [0, 0.1) is 0 Å². The predicted molar refractivity (Wildman–Crippen MR) is 91.7 cm³/mol. The van der Waals surface area contributed by atoms with E-state index in [4.69, 9.17) is 4.74 Å². The number of methoxy groups -OCH3 is 1. The Hall–Kier alpha value is -1.24. The molecule has 1 rings (SSSR count). The van der Waals surface area contributed by atoms with Crippen molar-refractivity contribution in [3.05, 3.63) is 42.5 Å². The summed E-state index contributed by atoms with van der Waals surface area (Å²) in [7, 11) is 3.43. The monoisotopic (exact) mass is 375 g/mol. The van der Waals surface area contributed by atoms with Gasteiger partial charge in [-0.15, -0.1) is 30.6 Å². The minimum atomic E-state index is 0. The summed E-state index contributed by atoms with van der Waals surface area (Å²) in [5, 5.41) is 6.36. The molecule has 106 valence electrons. The topological polar surface area (TPSA) is 45.7 Å². The van der Waals surface area contributed by atoms with E-state index in [2.05, 4.69) is 28.3 Å². The Balaban J connectivity index is 0.00000324. The third-order valence-electron chi connectivity index (χ3n) is 2.48. The van der Waals surface area contributed by atoms with E-state index >= 15 is 0 Å². The van der Waals surface area contributed by atoms with Gasteiger partial charge in [-0.2, -0.15) is 0 Å². The maximum atomic E-state index is 5.19. The van der Waals surface area contributed by atoms with Crippen LogP contribution in [-0.4, -0.2) is 33.2 Å². The summed E-state index contributed by atoms with van der Waals surface area (Å²) in [6.45, 7) is 5.19. The molecule has 0 atom stereocenters. The Morgan fingerprint density at radius 2 is 2.21 bits per heavy atom. The van der Waals surface area contributed by atoms with Gasteiger partial charge in [-0.1, -0.05) is 18.2 Å². The molecule has 0 bridgehead atoms. The number of nitrogens with zero attached hydrogens (tertiary/aromatic N) is 1. The van der Waals surface area contributed by atoms with Gasteiger partial charge in [0.2, 0.25) is 0 Å². The number of halogens is 1. The molecule has 0 aromatic heterocycles. The highest BCUT2D eigenvalue weighted by Gasteiger charge is 1.98. The number of ether oxygens (including phenoxy) is 1. The summed E-state index contributed by atoms with van der Waals surface area (Å²) >= 11 is 0. The Kier molecular flexibility index (Phi) is 9.97. The average Bonchev–Trinajstić information content (AvgIpc) is 2.43. The molecule has 1 aromatic carbocycles. The maximum Gasteiger partial charge on any atom is 0.191 e. The van der Waals surface area contributed by atoms with Crippen molar-refractivity contribution in [2.45, 2.75) is 6.42 Å². The molecular formula is C14H22IN3O. The van der Waals surface area contributed by atoms with Crippen LogP contribution in [0.2, 0.25) is 0 Å². The van der Waals surface area contributed by atoms with Gasteiger partial charge in [-0.3, -0.25) is 4.99 Å². The molecule has 0 amide bonds. The zero-order valence-corrected chi connectivity index (χ0v) is 13.8. The van der Waals surface area contributed by atoms with Crippen LogP contribution in [0.15, 0.2) is 41.9 Å². The Bertz CT molecular complexity index is 407. The molecule has 0 aliphatic rings. The zero-order chi connectivity index (χ0) is 13.2. The van der Waals surface area contributed by atoms with Crippen LogP contribution in [0.5, 0.6) is 5.75 Å². The number of guanidine groups is 1. The second-order valence-electron chi connectivity index (χ2n) is 3.77. The fourth-order valence-electron chi connectivity index (χ4n) is 1.54. The van der Waals surface area contributed by atoms with Crippen molar-refractivity contribution in [2.75, 3.05) is 27.2 Å². The van der Waals surface area contributed by atoms with E-state index in [0.717, 1.165) is 24.7 Å². The minimum absolute atomic E-state index is 0. The van der Waals surface area contributed by atoms with Crippen molar-refractivity contribution in [3.8, 4) is 5.75 Å². The highest BCUT2D eigenvalue weighted by Crippen LogP contribution is 2.12. The lowest BCUT2D eigenvalue weighted by Gasteiger charge is -2.10. The second-order valence-corrected chi connectivity index (χ2v) is 3.77. The first kappa shape index (κ1) is 17.8. The van der Waals surface area contributed by atoms with Crippen LogP contribution in [0.3, 0.4) is 0 Å². The van der Waals surface area contributed by atoms with E-state index < -0.39 is 0 Å². The lowest BCUT2D eigenvalue weighted by molar-refractivity contribution is 0.414. The minimum Gasteiger partial charge on any atom is -0.497 e. The van der Waals surface area contributed by atoms with Gasteiger partial charge < -0.3 is 15.4 Å². The Morgan fingerprint density at radius 1 is 1.42 bits per heavy atom. The zero-order valence-electron chi connectivity index (χ0n) is 11.5. The summed E-state index contributed by atoms with van der Waals surface area (Å²) in [4.78, 5) is 4.11. The molecule has 5 heteroatoms. The lowest BCUT2D eigenvalue weighted by atomic mass is 10.1. The maximum absolute atomic E-state index is 5.19. The first-order chi connectivity index (χ1) is 8.80. The first-order valence-corrected chi connectivity index (χ1v) is 5.98. The molecule has 0 aliphatic carbocycles. The molecule has 0 fully saturated rings. The quantitative estimate of drug-likeness (QED) is 0.347. The SMILES string of the molecule is C=CCNC(=NC)NCCc1cccc(OC)c1.I. The largest absolute Gasteiger partial charge is 0.497 e. The summed E-state index contributed by atoms with van der Waals surface area (Å²) in [5.74, 6) is 1.68. The fourth-order valence-corrected chi connectivity index (χ4v) is 1.54. The molecule has 0 unspecified atom stereocenters. The number of rotatable bonds is 6. The molecule has 0 spiro atoms. The molecule has 0 heterocycles. The van der Waals surface area contributed by atoms with E-state index in [9.17, 15) is 0 Å². The van der Waals surface area contributed by atoms with E-state index in [1.54, 1.807) is 20.2 Å². The van der Waals surface area contributed by atoms with E-state index in [1.807, 2.05) is 18.2 Å². The smallest absolute Gasteiger partial charge is 0.191 e. The van der Waals surface area contributed by atoms with Gasteiger partial charge in [0.05, 0.1) is 7.11 Å². The standard InChI is InChI=1S/C14H21N3O.HI/c1-4-9-16-14(15-2)17-10-8-12-6-5-7-13(11-12)18-3;/h4-7,11H,1,8-10H2,2-3H3,(H2,15,16,17);1H. The highest BCUT2D eigenvalue weighted by molar-refractivity contribution is 14.0. The van der Waals surface area contributed by atoms with E-state index in [0.29, 0.717) is 6.54 Å². The van der Waals surface area contributed by atoms with Gasteiger partial charge in [0.1, 0.15) is 5.75 Å². The Labute approximate surface area is 132 Å². The summed E-state index contributed by atoms with van der Waals surface area (Å²) in [5.41, 5.74) is 1.24. The van der Waals surface area contributed by atoms with Crippen LogP contribution >= 0.6 is 24.0 Å². The second kappa shape index (κ2) is 10.7. The third-order valence-corrected chi connectivity index (χ3v) is 2.48. The molecule has 0 radical (unpaired) electrons. The van der Waals surface area contributed by atoms with Crippen LogP contribution in [0.25, 0.3) is 0 Å². The molecule has 19 heavy (non-hydrogen) atoms. The van der Waals surface area contributed by atoms with Gasteiger partial charge in [0, 0.05) is 20.1 Å². The van der Waals surface area contributed by atoms with Gasteiger partial charge in [0.15, 0.2) is 5.96 Å². The van der Waals surface area contributed by atoms with Gasteiger partial charge in [-0.25, -0.2) is 0 Å². The van der Waals surface area contributed by atoms with Crippen molar-refractivity contribution in [3.63, 3.8) is 0 Å². The van der Waals surface area contributed by atoms with Crippen molar-refractivity contribution < 1.29 is 4.74 Å². The van der Waals surface area contributed by atoms with Gasteiger partial charge >= 0.3 is 0 Å². The molecule has 0 aliphatic heterocycles. The van der Waals surface area contributed by atoms with Crippen molar-refractivity contribution >= 4 is 29.9 Å². The lowest BCUT2D eigenvalue weighted by Crippen LogP contribution is -2.38. The number of aliphatic imine (C=N–C) groups is 1. The van der Waals surface area contributed by atoms with Crippen molar-refractivity contribution in [1.82, 2.24) is 10.6 Å². The number of benzene rings is 1. The molecular weight excluding hydrogens is 353 g/mol. The van der Waals surface area contributed by atoms with Crippen molar-refractivity contribution in [1.29, 1.82) is 0 Å². The first-order valence-electron chi connectivity index (χ1n) is 5.98. The summed E-state index contributed by atoms with van der Waals surface area (Å²) in [6, 6.07) is 8.08. The Morgan fingerprint density at radius 3 is 2.84 bits per heavy atom. The summed E-state index contributed by atoms with van der Waals surface area (Å²) < 4.78 is 5.19. The molecule has 0 saturated heterocycles. The number of nitrogens with one attached hydrogen (secondary N) is 2.